The number of H-pyrrole nitrogens is 1. The van der Waals surface area contributed by atoms with Crippen molar-refractivity contribution in [3.05, 3.63) is 72.4 Å². The highest BCUT2D eigenvalue weighted by Gasteiger charge is 2.30. The number of hydrogen-bond donors (Lipinski definition) is 1. The molecule has 1 N–H and O–H groups in total. The van der Waals surface area contributed by atoms with E-state index in [1.165, 1.54) is 6.07 Å². The minimum atomic E-state index is -4.42. The molecule has 0 radical (unpaired) electrons. The molecule has 130 valence electrons. The summed E-state index contributed by atoms with van der Waals surface area (Å²) in [5.74, 6) is 1.29. The highest BCUT2D eigenvalue weighted by Crippen LogP contribution is 2.30. The zero-order valence-corrected chi connectivity index (χ0v) is 13.3. The molecule has 26 heavy (non-hydrogen) atoms. The van der Waals surface area contributed by atoms with Gasteiger partial charge in [0.2, 0.25) is 5.88 Å². The Balaban J connectivity index is 1.52. The average Bonchev–Trinajstić information content (AvgIpc) is 3.06. The van der Waals surface area contributed by atoms with Gasteiger partial charge in [-0.1, -0.05) is 12.1 Å². The van der Waals surface area contributed by atoms with Crippen LogP contribution >= 0.6 is 0 Å². The van der Waals surface area contributed by atoms with Gasteiger partial charge >= 0.3 is 6.18 Å². The third-order valence-electron chi connectivity index (χ3n) is 3.80. The van der Waals surface area contributed by atoms with E-state index in [0.29, 0.717) is 5.75 Å². The number of fused-ring (bicyclic) bond motifs is 1. The summed E-state index contributed by atoms with van der Waals surface area (Å²) in [5, 5.41) is 0. The van der Waals surface area contributed by atoms with E-state index in [1.807, 2.05) is 36.4 Å². The third kappa shape index (κ3) is 3.23. The van der Waals surface area contributed by atoms with Gasteiger partial charge < -0.3 is 9.72 Å². The maximum Gasteiger partial charge on any atom is 0.417 e. The van der Waals surface area contributed by atoms with E-state index in [1.54, 1.807) is 12.1 Å². The number of rotatable bonds is 3. The van der Waals surface area contributed by atoms with Crippen LogP contribution in [0.5, 0.6) is 11.6 Å². The first-order valence-corrected chi connectivity index (χ1v) is 7.75. The molecule has 0 bridgehead atoms. The third-order valence-corrected chi connectivity index (χ3v) is 3.80. The van der Waals surface area contributed by atoms with Crippen LogP contribution in [-0.4, -0.2) is 15.0 Å². The van der Waals surface area contributed by atoms with Crippen molar-refractivity contribution in [1.82, 2.24) is 15.0 Å². The topological polar surface area (TPSA) is 50.8 Å². The summed E-state index contributed by atoms with van der Waals surface area (Å²) in [6.07, 6.45) is -3.67. The number of para-hydroxylation sites is 2. The summed E-state index contributed by atoms with van der Waals surface area (Å²) in [5.41, 5.74) is 1.87. The van der Waals surface area contributed by atoms with E-state index >= 15 is 0 Å². The van der Waals surface area contributed by atoms with Gasteiger partial charge in [-0.3, -0.25) is 0 Å². The summed E-state index contributed by atoms with van der Waals surface area (Å²) in [6, 6.07) is 16.9. The Morgan fingerprint density at radius 2 is 1.65 bits per heavy atom. The molecular weight excluding hydrogens is 343 g/mol. The molecule has 2 aromatic carbocycles. The van der Waals surface area contributed by atoms with Crippen molar-refractivity contribution in [2.75, 3.05) is 0 Å². The van der Waals surface area contributed by atoms with E-state index in [4.69, 9.17) is 4.74 Å². The van der Waals surface area contributed by atoms with Crippen LogP contribution in [0.4, 0.5) is 13.2 Å². The van der Waals surface area contributed by atoms with Crippen molar-refractivity contribution in [2.24, 2.45) is 0 Å². The van der Waals surface area contributed by atoms with Crippen LogP contribution in [0.25, 0.3) is 22.4 Å². The summed E-state index contributed by atoms with van der Waals surface area (Å²) < 4.78 is 43.1. The maximum atomic E-state index is 12.5. The zero-order chi connectivity index (χ0) is 18.1. The minimum absolute atomic E-state index is 0.0921. The Morgan fingerprint density at radius 3 is 2.31 bits per heavy atom. The van der Waals surface area contributed by atoms with Gasteiger partial charge in [0.25, 0.3) is 0 Å². The van der Waals surface area contributed by atoms with Crippen molar-refractivity contribution >= 4 is 11.0 Å². The van der Waals surface area contributed by atoms with Crippen molar-refractivity contribution in [1.29, 1.82) is 0 Å². The lowest BCUT2D eigenvalue weighted by Gasteiger charge is -2.08. The molecule has 2 heterocycles. The summed E-state index contributed by atoms with van der Waals surface area (Å²) in [7, 11) is 0. The van der Waals surface area contributed by atoms with Crippen molar-refractivity contribution in [3.63, 3.8) is 0 Å². The molecule has 0 amide bonds. The molecule has 2 aromatic heterocycles. The molecule has 0 fully saturated rings. The van der Waals surface area contributed by atoms with Crippen LogP contribution in [0.2, 0.25) is 0 Å². The monoisotopic (exact) mass is 355 g/mol. The number of nitrogens with one attached hydrogen (secondary N) is 1. The van der Waals surface area contributed by atoms with Gasteiger partial charge in [-0.2, -0.15) is 13.2 Å². The van der Waals surface area contributed by atoms with Crippen LogP contribution in [0, 0.1) is 0 Å². The molecule has 7 heteroatoms. The quantitative estimate of drug-likeness (QED) is 0.533. The Bertz CT molecular complexity index is 1010. The van der Waals surface area contributed by atoms with E-state index in [0.717, 1.165) is 34.7 Å². The number of imidazole rings is 1. The normalized spacial score (nSPS) is 11.7. The van der Waals surface area contributed by atoms with Gasteiger partial charge in [0.05, 0.1) is 16.6 Å². The zero-order valence-electron chi connectivity index (χ0n) is 13.3. The fraction of sp³-hybridized carbons (Fsp3) is 0.0526. The molecule has 0 saturated carbocycles. The Kier molecular flexibility index (Phi) is 3.84. The second-order valence-corrected chi connectivity index (χ2v) is 5.61. The number of alkyl halides is 3. The first-order valence-electron chi connectivity index (χ1n) is 7.75. The van der Waals surface area contributed by atoms with E-state index in [-0.39, 0.29) is 5.88 Å². The smallest absolute Gasteiger partial charge is 0.417 e. The lowest BCUT2D eigenvalue weighted by molar-refractivity contribution is -0.137. The molecule has 4 nitrogen and oxygen atoms in total. The van der Waals surface area contributed by atoms with Crippen molar-refractivity contribution in [2.45, 2.75) is 6.18 Å². The van der Waals surface area contributed by atoms with Gasteiger partial charge in [-0.05, 0) is 42.5 Å². The maximum absolute atomic E-state index is 12.5. The standard InChI is InChI=1S/C19H12F3N3O/c20-19(21,22)13-7-10-17(23-11-13)26-14-8-5-12(6-9-14)18-24-15-3-1-2-4-16(15)25-18/h1-11H,(H,24,25). The number of aromatic amines is 1. The highest BCUT2D eigenvalue weighted by molar-refractivity contribution is 5.79. The van der Waals surface area contributed by atoms with Crippen LogP contribution in [0.1, 0.15) is 5.56 Å². The lowest BCUT2D eigenvalue weighted by atomic mass is 10.2. The molecule has 0 aliphatic carbocycles. The minimum Gasteiger partial charge on any atom is -0.439 e. The molecule has 4 rings (SSSR count). The lowest BCUT2D eigenvalue weighted by Crippen LogP contribution is -2.05. The van der Waals surface area contributed by atoms with E-state index < -0.39 is 11.7 Å². The number of hydrogen-bond acceptors (Lipinski definition) is 3. The molecule has 0 aliphatic heterocycles. The Hall–Kier alpha value is -3.35. The highest BCUT2D eigenvalue weighted by atomic mass is 19.4. The SMILES string of the molecule is FC(F)(F)c1ccc(Oc2ccc(-c3nc4ccccc4[nH]3)cc2)nc1. The molecule has 0 unspecified atom stereocenters. The molecule has 0 atom stereocenters. The number of aromatic nitrogens is 3. The van der Waals surface area contributed by atoms with Crippen molar-refractivity contribution < 1.29 is 17.9 Å². The summed E-state index contributed by atoms with van der Waals surface area (Å²) in [4.78, 5) is 11.4. The largest absolute Gasteiger partial charge is 0.439 e. The fourth-order valence-electron chi connectivity index (χ4n) is 2.50. The van der Waals surface area contributed by atoms with Crippen LogP contribution in [0.15, 0.2) is 66.9 Å². The van der Waals surface area contributed by atoms with Crippen LogP contribution < -0.4 is 4.74 Å². The average molecular weight is 355 g/mol. The summed E-state index contributed by atoms with van der Waals surface area (Å²) >= 11 is 0. The number of nitrogens with zero attached hydrogens (tertiary/aromatic N) is 2. The fourth-order valence-corrected chi connectivity index (χ4v) is 2.50. The number of halogens is 3. The molecular formula is C19H12F3N3O. The molecule has 0 saturated heterocycles. The second kappa shape index (κ2) is 6.18. The van der Waals surface area contributed by atoms with Gasteiger partial charge in [-0.25, -0.2) is 9.97 Å². The Labute approximate surface area is 146 Å². The van der Waals surface area contributed by atoms with Gasteiger partial charge in [0.1, 0.15) is 11.6 Å². The number of ether oxygens (including phenoxy) is 1. The van der Waals surface area contributed by atoms with Gasteiger partial charge in [0, 0.05) is 17.8 Å². The van der Waals surface area contributed by atoms with Crippen LogP contribution in [-0.2, 0) is 6.18 Å². The first kappa shape index (κ1) is 16.1. The first-order chi connectivity index (χ1) is 12.5. The van der Waals surface area contributed by atoms with E-state index in [9.17, 15) is 13.2 Å². The molecule has 0 spiro atoms. The van der Waals surface area contributed by atoms with Crippen molar-refractivity contribution in [3.8, 4) is 23.0 Å². The summed E-state index contributed by atoms with van der Waals surface area (Å²) in [6.45, 7) is 0. The van der Waals surface area contributed by atoms with Crippen LogP contribution in [0.3, 0.4) is 0 Å². The van der Waals surface area contributed by atoms with Gasteiger partial charge in [-0.15, -0.1) is 0 Å². The molecule has 4 aromatic rings. The predicted molar refractivity (Wildman–Crippen MR) is 90.8 cm³/mol. The number of benzene rings is 2. The van der Waals surface area contributed by atoms with Gasteiger partial charge in [0.15, 0.2) is 0 Å². The second-order valence-electron chi connectivity index (χ2n) is 5.61. The van der Waals surface area contributed by atoms with E-state index in [2.05, 4.69) is 15.0 Å². The number of pyridine rings is 1. The molecule has 0 aliphatic rings. The Morgan fingerprint density at radius 1 is 0.885 bits per heavy atom. The predicted octanol–water partition coefficient (Wildman–Crippen LogP) is 5.44.